The Labute approximate surface area is 56.0 Å². The van der Waals surface area contributed by atoms with Gasteiger partial charge in [-0.05, 0) is 0 Å². The predicted octanol–water partition coefficient (Wildman–Crippen LogP) is 1.92. The van der Waals surface area contributed by atoms with E-state index in [1.807, 2.05) is 0 Å². The van der Waals surface area contributed by atoms with Gasteiger partial charge in [0.25, 0.3) is 12.3 Å². The fourth-order valence-electron chi connectivity index (χ4n) is 0.327. The molecule has 0 aliphatic heterocycles. The Morgan fingerprint density at radius 1 is 1.40 bits per heavy atom. The molecule has 0 aliphatic carbocycles. The molecule has 0 bridgehead atoms. The maximum Gasteiger partial charge on any atom is 0.268 e. The van der Waals surface area contributed by atoms with E-state index in [0.717, 1.165) is 0 Å². The number of alkyl halides is 4. The van der Waals surface area contributed by atoms with Gasteiger partial charge in [-0.2, -0.15) is 0 Å². The van der Waals surface area contributed by atoms with Gasteiger partial charge in [-0.15, -0.1) is 0 Å². The first-order valence-corrected chi connectivity index (χ1v) is 2.65. The zero-order valence-electron chi connectivity index (χ0n) is 5.41. The highest BCUT2D eigenvalue weighted by Gasteiger charge is 2.21. The quantitative estimate of drug-likeness (QED) is 0.571. The Bertz CT molecular complexity index is 88.1. The van der Waals surface area contributed by atoms with E-state index in [9.17, 15) is 17.6 Å². The smallest absolute Gasteiger partial charge is 0.268 e. The van der Waals surface area contributed by atoms with Crippen molar-refractivity contribution >= 4 is 0 Å². The lowest BCUT2D eigenvalue weighted by atomic mass is 10.4. The summed E-state index contributed by atoms with van der Waals surface area (Å²) in [6, 6.07) is 0. The molecule has 0 unspecified atom stereocenters. The molecule has 0 aromatic heterocycles. The van der Waals surface area contributed by atoms with Crippen molar-refractivity contribution < 1.29 is 22.3 Å². The van der Waals surface area contributed by atoms with Gasteiger partial charge in [0.2, 0.25) is 0 Å². The minimum absolute atomic E-state index is 0.610. The zero-order chi connectivity index (χ0) is 8.20. The van der Waals surface area contributed by atoms with Gasteiger partial charge in [0.15, 0.2) is 0 Å². The summed E-state index contributed by atoms with van der Waals surface area (Å²) in [5.41, 5.74) is 0. The summed E-state index contributed by atoms with van der Waals surface area (Å²) in [4.78, 5) is 0. The molecule has 0 N–H and O–H groups in total. The molecule has 0 saturated heterocycles. The average Bonchev–Trinajstić information content (AvgIpc) is 1.59. The summed E-state index contributed by atoms with van der Waals surface area (Å²) in [6.07, 6.45) is -2.68. The fraction of sp³-hybridized carbons (Fsp3) is 1.00. The molecule has 0 aromatic rings. The Balaban J connectivity index is 3.21. The summed E-state index contributed by atoms with van der Waals surface area (Å²) in [6.45, 7) is -1.26. The summed E-state index contributed by atoms with van der Waals surface area (Å²) in [5, 5.41) is 0. The molecule has 0 heterocycles. The molecule has 0 radical (unpaired) electrons. The molecule has 0 amide bonds. The maximum absolute atomic E-state index is 11.8. The Morgan fingerprint density at radius 3 is 2.20 bits per heavy atom. The largest absolute Gasteiger partial charge is 0.369 e. The molecule has 0 rings (SSSR count). The van der Waals surface area contributed by atoms with Crippen molar-refractivity contribution in [2.45, 2.75) is 19.3 Å². The second-order valence-corrected chi connectivity index (χ2v) is 1.98. The van der Waals surface area contributed by atoms with Crippen molar-refractivity contribution in [3.8, 4) is 0 Å². The molecule has 0 aromatic carbocycles. The van der Waals surface area contributed by atoms with Crippen LogP contribution in [-0.2, 0) is 4.74 Å². The van der Waals surface area contributed by atoms with E-state index in [1.165, 1.54) is 0 Å². The monoisotopic (exact) mass is 160 g/mol. The number of hydrogen-bond donors (Lipinski definition) is 0. The lowest BCUT2D eigenvalue weighted by Gasteiger charge is -2.09. The number of rotatable bonds is 4. The van der Waals surface area contributed by atoms with Crippen molar-refractivity contribution in [1.82, 2.24) is 0 Å². The molecule has 1 nitrogen and oxygen atoms in total. The minimum Gasteiger partial charge on any atom is -0.369 e. The molecule has 0 aliphatic rings. The highest BCUT2D eigenvalue weighted by Crippen LogP contribution is 2.11. The third-order valence-electron chi connectivity index (χ3n) is 0.599. The van der Waals surface area contributed by atoms with Crippen LogP contribution >= 0.6 is 0 Å². The highest BCUT2D eigenvalue weighted by molar-refractivity contribution is 4.54. The molecule has 62 valence electrons. The zero-order valence-corrected chi connectivity index (χ0v) is 5.41. The van der Waals surface area contributed by atoms with Crippen LogP contribution < -0.4 is 0 Å². The Kier molecular flexibility index (Phi) is 3.63. The van der Waals surface area contributed by atoms with Crippen molar-refractivity contribution in [1.29, 1.82) is 0 Å². The summed E-state index contributed by atoms with van der Waals surface area (Å²) < 4.78 is 50.0. The van der Waals surface area contributed by atoms with E-state index in [1.54, 1.807) is 0 Å². The first-order valence-electron chi connectivity index (χ1n) is 2.65. The van der Waals surface area contributed by atoms with Gasteiger partial charge in [-0.3, -0.25) is 0 Å². The van der Waals surface area contributed by atoms with E-state index < -0.39 is 25.6 Å². The van der Waals surface area contributed by atoms with Crippen LogP contribution in [0.15, 0.2) is 0 Å². The van der Waals surface area contributed by atoms with Gasteiger partial charge in [0.05, 0.1) is 0 Å². The fourth-order valence-corrected chi connectivity index (χ4v) is 0.327. The van der Waals surface area contributed by atoms with Crippen LogP contribution in [0.5, 0.6) is 0 Å². The SMILES string of the molecule is CC(F)(F)COCC(F)F. The van der Waals surface area contributed by atoms with Crippen LogP contribution in [0.4, 0.5) is 17.6 Å². The minimum atomic E-state index is -3.02. The van der Waals surface area contributed by atoms with Crippen LogP contribution in [0, 0.1) is 0 Å². The van der Waals surface area contributed by atoms with E-state index in [0.29, 0.717) is 6.92 Å². The van der Waals surface area contributed by atoms with E-state index in [4.69, 9.17) is 0 Å². The second-order valence-electron chi connectivity index (χ2n) is 1.98. The third-order valence-corrected chi connectivity index (χ3v) is 0.599. The van der Waals surface area contributed by atoms with Crippen molar-refractivity contribution in [3.63, 3.8) is 0 Å². The molecular formula is C5H8F4O. The van der Waals surface area contributed by atoms with Gasteiger partial charge >= 0.3 is 0 Å². The molecule has 10 heavy (non-hydrogen) atoms. The van der Waals surface area contributed by atoms with Crippen LogP contribution in [0.25, 0.3) is 0 Å². The number of ether oxygens (including phenoxy) is 1. The number of hydrogen-bond acceptors (Lipinski definition) is 1. The van der Waals surface area contributed by atoms with Gasteiger partial charge in [0.1, 0.15) is 13.2 Å². The Hall–Kier alpha value is -0.320. The van der Waals surface area contributed by atoms with Crippen LogP contribution in [0.1, 0.15) is 6.92 Å². The van der Waals surface area contributed by atoms with Crippen molar-refractivity contribution in [2.24, 2.45) is 0 Å². The maximum atomic E-state index is 11.8. The Morgan fingerprint density at radius 2 is 1.90 bits per heavy atom. The van der Waals surface area contributed by atoms with Crippen LogP contribution in [-0.4, -0.2) is 25.6 Å². The van der Waals surface area contributed by atoms with Gasteiger partial charge < -0.3 is 4.74 Å². The highest BCUT2D eigenvalue weighted by atomic mass is 19.3. The van der Waals surface area contributed by atoms with Gasteiger partial charge in [-0.1, -0.05) is 0 Å². The second kappa shape index (κ2) is 3.75. The average molecular weight is 160 g/mol. The first-order chi connectivity index (χ1) is 4.42. The lowest BCUT2D eigenvalue weighted by molar-refractivity contribution is -0.0842. The lowest BCUT2D eigenvalue weighted by Crippen LogP contribution is -2.20. The standard InChI is InChI=1S/C5H8F4O/c1-5(8,9)3-10-2-4(6)7/h4H,2-3H2,1H3. The van der Waals surface area contributed by atoms with Crippen LogP contribution in [0.2, 0.25) is 0 Å². The van der Waals surface area contributed by atoms with Crippen molar-refractivity contribution in [2.75, 3.05) is 13.2 Å². The molecule has 0 saturated carbocycles. The summed E-state index contributed by atoms with van der Waals surface area (Å²) in [5.74, 6) is -3.02. The first kappa shape index (κ1) is 9.68. The molecule has 5 heteroatoms. The van der Waals surface area contributed by atoms with Gasteiger partial charge in [0, 0.05) is 6.92 Å². The van der Waals surface area contributed by atoms with E-state index in [2.05, 4.69) is 4.74 Å². The van der Waals surface area contributed by atoms with E-state index in [-0.39, 0.29) is 0 Å². The predicted molar refractivity (Wildman–Crippen MR) is 27.4 cm³/mol. The van der Waals surface area contributed by atoms with Gasteiger partial charge in [-0.25, -0.2) is 17.6 Å². The molecular weight excluding hydrogens is 152 g/mol. The summed E-state index contributed by atoms with van der Waals surface area (Å²) >= 11 is 0. The molecule has 0 atom stereocenters. The molecule has 0 spiro atoms. The van der Waals surface area contributed by atoms with Crippen molar-refractivity contribution in [3.05, 3.63) is 0 Å². The topological polar surface area (TPSA) is 9.23 Å². The summed E-state index contributed by atoms with van der Waals surface area (Å²) in [7, 11) is 0. The number of halogens is 4. The molecule has 0 fully saturated rings. The van der Waals surface area contributed by atoms with E-state index >= 15 is 0 Å². The third kappa shape index (κ3) is 7.68. The van der Waals surface area contributed by atoms with Crippen LogP contribution in [0.3, 0.4) is 0 Å². The normalized spacial score (nSPS) is 12.6.